The second kappa shape index (κ2) is 12.4. The van der Waals surface area contributed by atoms with Crippen molar-refractivity contribution in [2.75, 3.05) is 24.3 Å². The SMILES string of the molecule is CCCCc1ccc(NC(=O)CSc2nc3ccccc3c(=O)n2CCCOCC)cc1. The van der Waals surface area contributed by atoms with Gasteiger partial charge in [-0.3, -0.25) is 14.2 Å². The summed E-state index contributed by atoms with van der Waals surface area (Å²) in [6.07, 6.45) is 4.08. The molecule has 0 aliphatic rings. The highest BCUT2D eigenvalue weighted by Gasteiger charge is 2.13. The van der Waals surface area contributed by atoms with Gasteiger partial charge in [0.2, 0.25) is 5.91 Å². The van der Waals surface area contributed by atoms with Crippen molar-refractivity contribution in [3.05, 3.63) is 64.4 Å². The lowest BCUT2D eigenvalue weighted by molar-refractivity contribution is -0.113. The lowest BCUT2D eigenvalue weighted by Gasteiger charge is -2.13. The zero-order valence-electron chi connectivity index (χ0n) is 18.8. The van der Waals surface area contributed by atoms with Gasteiger partial charge in [0, 0.05) is 25.4 Å². The van der Waals surface area contributed by atoms with Gasteiger partial charge in [0.25, 0.3) is 5.56 Å². The molecule has 0 unspecified atom stereocenters. The number of carbonyl (C=O) groups excluding carboxylic acids is 1. The largest absolute Gasteiger partial charge is 0.382 e. The summed E-state index contributed by atoms with van der Waals surface area (Å²) in [5, 5.41) is 4.07. The number of nitrogens with zero attached hydrogens (tertiary/aromatic N) is 2. The molecule has 32 heavy (non-hydrogen) atoms. The van der Waals surface area contributed by atoms with Gasteiger partial charge in [0.1, 0.15) is 0 Å². The zero-order chi connectivity index (χ0) is 22.8. The van der Waals surface area contributed by atoms with Crippen molar-refractivity contribution in [3.63, 3.8) is 0 Å². The van der Waals surface area contributed by atoms with Crippen LogP contribution in [-0.2, 0) is 22.5 Å². The van der Waals surface area contributed by atoms with Crippen molar-refractivity contribution >= 4 is 34.3 Å². The van der Waals surface area contributed by atoms with E-state index in [-0.39, 0.29) is 17.2 Å². The van der Waals surface area contributed by atoms with Crippen LogP contribution in [0, 0.1) is 0 Å². The molecule has 7 heteroatoms. The van der Waals surface area contributed by atoms with Gasteiger partial charge in [-0.05, 0) is 56.0 Å². The molecule has 1 aromatic heterocycles. The number of hydrogen-bond acceptors (Lipinski definition) is 5. The van der Waals surface area contributed by atoms with Gasteiger partial charge < -0.3 is 10.1 Å². The minimum absolute atomic E-state index is 0.0855. The van der Waals surface area contributed by atoms with E-state index in [1.54, 1.807) is 10.6 Å². The summed E-state index contributed by atoms with van der Waals surface area (Å²) in [7, 11) is 0. The molecule has 0 saturated heterocycles. The van der Waals surface area contributed by atoms with Gasteiger partial charge in [0.15, 0.2) is 5.16 Å². The van der Waals surface area contributed by atoms with Gasteiger partial charge in [-0.15, -0.1) is 0 Å². The van der Waals surface area contributed by atoms with E-state index in [1.807, 2.05) is 37.3 Å². The Kier molecular flexibility index (Phi) is 9.31. The Labute approximate surface area is 193 Å². The first-order valence-corrected chi connectivity index (χ1v) is 12.2. The molecule has 3 rings (SSSR count). The lowest BCUT2D eigenvalue weighted by Crippen LogP contribution is -2.25. The number of para-hydroxylation sites is 1. The molecule has 170 valence electrons. The topological polar surface area (TPSA) is 73.2 Å². The molecule has 0 radical (unpaired) electrons. The summed E-state index contributed by atoms with van der Waals surface area (Å²) in [6.45, 7) is 5.85. The normalized spacial score (nSPS) is 11.1. The molecule has 1 amide bonds. The summed E-state index contributed by atoms with van der Waals surface area (Å²) in [4.78, 5) is 30.2. The van der Waals surface area contributed by atoms with E-state index in [9.17, 15) is 9.59 Å². The van der Waals surface area contributed by atoms with Gasteiger partial charge in [-0.25, -0.2) is 4.98 Å². The summed E-state index contributed by atoms with van der Waals surface area (Å²) in [6, 6.07) is 15.3. The summed E-state index contributed by atoms with van der Waals surface area (Å²) >= 11 is 1.28. The minimum Gasteiger partial charge on any atom is -0.382 e. The second-order valence-corrected chi connectivity index (χ2v) is 8.50. The molecule has 6 nitrogen and oxygen atoms in total. The maximum Gasteiger partial charge on any atom is 0.262 e. The van der Waals surface area contributed by atoms with E-state index in [4.69, 9.17) is 4.74 Å². The number of nitrogens with one attached hydrogen (secondary N) is 1. The maximum atomic E-state index is 13.0. The molecule has 0 saturated carbocycles. The average Bonchev–Trinajstić information content (AvgIpc) is 2.81. The number of benzene rings is 2. The third-order valence-electron chi connectivity index (χ3n) is 5.09. The van der Waals surface area contributed by atoms with Crippen molar-refractivity contribution in [2.24, 2.45) is 0 Å². The molecule has 0 fully saturated rings. The fourth-order valence-electron chi connectivity index (χ4n) is 3.39. The lowest BCUT2D eigenvalue weighted by atomic mass is 10.1. The smallest absolute Gasteiger partial charge is 0.262 e. The predicted octanol–water partition coefficient (Wildman–Crippen LogP) is 4.90. The molecule has 1 N–H and O–H groups in total. The van der Waals surface area contributed by atoms with Crippen molar-refractivity contribution in [1.82, 2.24) is 9.55 Å². The molecule has 3 aromatic rings. The molecular weight excluding hydrogens is 422 g/mol. The van der Waals surface area contributed by atoms with Crippen LogP contribution in [0.4, 0.5) is 5.69 Å². The van der Waals surface area contributed by atoms with Crippen molar-refractivity contribution < 1.29 is 9.53 Å². The van der Waals surface area contributed by atoms with Gasteiger partial charge in [0.05, 0.1) is 16.7 Å². The van der Waals surface area contributed by atoms with E-state index >= 15 is 0 Å². The third kappa shape index (κ3) is 6.68. The fraction of sp³-hybridized carbons (Fsp3) is 0.400. The Hall–Kier alpha value is -2.64. The van der Waals surface area contributed by atoms with Crippen LogP contribution in [0.15, 0.2) is 58.5 Å². The van der Waals surface area contributed by atoms with Crippen molar-refractivity contribution in [3.8, 4) is 0 Å². The van der Waals surface area contributed by atoms with Crippen molar-refractivity contribution in [2.45, 2.75) is 51.2 Å². The first-order valence-electron chi connectivity index (χ1n) is 11.2. The van der Waals surface area contributed by atoms with E-state index in [2.05, 4.69) is 29.4 Å². The van der Waals surface area contributed by atoms with E-state index < -0.39 is 0 Å². The van der Waals surface area contributed by atoms with Crippen LogP contribution >= 0.6 is 11.8 Å². The molecule has 0 atom stereocenters. The molecule has 1 heterocycles. The number of aryl methyl sites for hydroxylation is 1. The second-order valence-electron chi connectivity index (χ2n) is 7.56. The highest BCUT2D eigenvalue weighted by Crippen LogP contribution is 2.19. The van der Waals surface area contributed by atoms with Crippen LogP contribution < -0.4 is 10.9 Å². The van der Waals surface area contributed by atoms with Crippen molar-refractivity contribution in [1.29, 1.82) is 0 Å². The number of aromatic nitrogens is 2. The third-order valence-corrected chi connectivity index (χ3v) is 6.07. The summed E-state index contributed by atoms with van der Waals surface area (Å²) in [5.74, 6) is 0.0490. The van der Waals surface area contributed by atoms with Gasteiger partial charge >= 0.3 is 0 Å². The first-order chi connectivity index (χ1) is 15.6. The highest BCUT2D eigenvalue weighted by atomic mass is 32.2. The molecule has 2 aromatic carbocycles. The first kappa shape index (κ1) is 24.0. The summed E-state index contributed by atoms with van der Waals surface area (Å²) < 4.78 is 7.06. The zero-order valence-corrected chi connectivity index (χ0v) is 19.6. The monoisotopic (exact) mass is 453 g/mol. The van der Waals surface area contributed by atoms with Crippen LogP contribution in [0.2, 0.25) is 0 Å². The Morgan fingerprint density at radius 1 is 1.09 bits per heavy atom. The quantitative estimate of drug-likeness (QED) is 0.240. The Balaban J connectivity index is 1.68. The summed E-state index contributed by atoms with van der Waals surface area (Å²) in [5.41, 5.74) is 2.61. The minimum atomic E-state index is -0.125. The highest BCUT2D eigenvalue weighted by molar-refractivity contribution is 7.99. The Morgan fingerprint density at radius 2 is 1.88 bits per heavy atom. The number of thioether (sulfide) groups is 1. The number of hydrogen-bond donors (Lipinski definition) is 1. The van der Waals surface area contributed by atoms with Crippen LogP contribution in [0.5, 0.6) is 0 Å². The molecular formula is C25H31N3O3S. The maximum absolute atomic E-state index is 13.0. The molecule has 0 aliphatic carbocycles. The van der Waals surface area contributed by atoms with Crippen LogP contribution in [0.3, 0.4) is 0 Å². The van der Waals surface area contributed by atoms with Crippen LogP contribution in [0.1, 0.15) is 38.7 Å². The van der Waals surface area contributed by atoms with Crippen LogP contribution in [0.25, 0.3) is 10.9 Å². The number of rotatable bonds is 12. The molecule has 0 spiro atoms. The van der Waals surface area contributed by atoms with E-state index in [0.717, 1.165) is 24.9 Å². The Bertz CT molecular complexity index is 1080. The number of carbonyl (C=O) groups is 1. The number of amides is 1. The number of anilines is 1. The number of ether oxygens (including phenoxy) is 1. The standard InChI is InChI=1S/C25H31N3O3S/c1-3-5-9-19-12-14-20(15-13-19)26-23(29)18-32-25-27-22-11-7-6-10-21(22)24(30)28(25)16-8-17-31-4-2/h6-7,10-15H,3-5,8-9,16-18H2,1-2H3,(H,26,29). The van der Waals surface area contributed by atoms with E-state index in [1.165, 1.54) is 17.3 Å². The molecule has 0 aliphatic heterocycles. The van der Waals surface area contributed by atoms with Gasteiger partial charge in [-0.2, -0.15) is 0 Å². The van der Waals surface area contributed by atoms with Gasteiger partial charge in [-0.1, -0.05) is 49.4 Å². The number of fused-ring (bicyclic) bond motifs is 1. The predicted molar refractivity (Wildman–Crippen MR) is 132 cm³/mol. The van der Waals surface area contributed by atoms with E-state index in [0.29, 0.717) is 42.2 Å². The average molecular weight is 454 g/mol. The van der Waals surface area contributed by atoms with Crippen LogP contribution in [-0.4, -0.2) is 34.4 Å². The fourth-order valence-corrected chi connectivity index (χ4v) is 4.21. The Morgan fingerprint density at radius 3 is 2.62 bits per heavy atom. The molecule has 0 bridgehead atoms. The number of unbranched alkanes of at least 4 members (excludes halogenated alkanes) is 1.